The van der Waals surface area contributed by atoms with Gasteiger partial charge in [0, 0.05) is 16.6 Å². The first-order chi connectivity index (χ1) is 7.18. The van der Waals surface area contributed by atoms with Crippen LogP contribution in [0.15, 0.2) is 41.3 Å². The van der Waals surface area contributed by atoms with Gasteiger partial charge in [-0.3, -0.25) is 0 Å². The number of rotatable bonds is 3. The summed E-state index contributed by atoms with van der Waals surface area (Å²) in [5.74, 6) is 1.27. The van der Waals surface area contributed by atoms with E-state index in [4.69, 9.17) is 0 Å². The molecule has 15 heavy (non-hydrogen) atoms. The van der Waals surface area contributed by atoms with Crippen molar-refractivity contribution < 1.29 is 5.11 Å². The van der Waals surface area contributed by atoms with E-state index in [2.05, 4.69) is 24.8 Å². The van der Waals surface area contributed by atoms with Gasteiger partial charge in [0.05, 0.1) is 6.10 Å². The number of benzene rings is 1. The predicted molar refractivity (Wildman–Crippen MR) is 65.3 cm³/mol. The van der Waals surface area contributed by atoms with Crippen LogP contribution in [0.1, 0.15) is 24.8 Å². The molecule has 0 aliphatic carbocycles. The third-order valence-electron chi connectivity index (χ3n) is 2.76. The van der Waals surface area contributed by atoms with E-state index in [-0.39, 0.29) is 12.0 Å². The molecule has 2 atom stereocenters. The number of hydrogen-bond acceptors (Lipinski definition) is 2. The van der Waals surface area contributed by atoms with E-state index in [1.54, 1.807) is 0 Å². The lowest BCUT2D eigenvalue weighted by Gasteiger charge is -2.18. The normalized spacial score (nSPS) is 21.1. The van der Waals surface area contributed by atoms with Crippen LogP contribution in [0.4, 0.5) is 0 Å². The zero-order valence-corrected chi connectivity index (χ0v) is 9.76. The molecular formula is C13H16OS. The Hall–Kier alpha value is -0.730. The highest BCUT2D eigenvalue weighted by Gasteiger charge is 2.28. The number of fused-ring (bicyclic) bond motifs is 1. The van der Waals surface area contributed by atoms with Gasteiger partial charge in [0.2, 0.25) is 0 Å². The van der Waals surface area contributed by atoms with Crippen molar-refractivity contribution in [3.05, 3.63) is 42.0 Å². The fourth-order valence-corrected chi connectivity index (χ4v) is 3.33. The summed E-state index contributed by atoms with van der Waals surface area (Å²) >= 11 is 1.84. The first kappa shape index (κ1) is 10.8. The van der Waals surface area contributed by atoms with Gasteiger partial charge in [-0.1, -0.05) is 23.8 Å². The Kier molecular flexibility index (Phi) is 3.17. The maximum absolute atomic E-state index is 10.1. The van der Waals surface area contributed by atoms with Crippen LogP contribution >= 0.6 is 11.8 Å². The van der Waals surface area contributed by atoms with E-state index in [9.17, 15) is 5.11 Å². The fraction of sp³-hybridized carbons (Fsp3) is 0.385. The van der Waals surface area contributed by atoms with Gasteiger partial charge in [0.25, 0.3) is 0 Å². The molecule has 0 radical (unpaired) electrons. The lowest BCUT2D eigenvalue weighted by Crippen LogP contribution is -2.18. The van der Waals surface area contributed by atoms with Crippen LogP contribution in [0.5, 0.6) is 0 Å². The van der Waals surface area contributed by atoms with Crippen LogP contribution in [0.3, 0.4) is 0 Å². The van der Waals surface area contributed by atoms with E-state index in [0.29, 0.717) is 6.42 Å². The fourth-order valence-electron chi connectivity index (χ4n) is 2.01. The van der Waals surface area contributed by atoms with Gasteiger partial charge in [-0.15, -0.1) is 18.3 Å². The zero-order chi connectivity index (χ0) is 10.8. The predicted octanol–water partition coefficient (Wildman–Crippen LogP) is 3.20. The number of aliphatic hydroxyl groups excluding tert-OH is 1. The quantitative estimate of drug-likeness (QED) is 0.789. The van der Waals surface area contributed by atoms with Gasteiger partial charge < -0.3 is 5.11 Å². The van der Waals surface area contributed by atoms with Crippen molar-refractivity contribution in [1.29, 1.82) is 0 Å². The van der Waals surface area contributed by atoms with Crippen LogP contribution in [0.25, 0.3) is 0 Å². The first-order valence-corrected chi connectivity index (χ1v) is 6.21. The summed E-state index contributed by atoms with van der Waals surface area (Å²) in [6.07, 6.45) is 0.429. The summed E-state index contributed by atoms with van der Waals surface area (Å²) in [6.45, 7) is 5.83. The van der Waals surface area contributed by atoms with Gasteiger partial charge in [-0.25, -0.2) is 0 Å². The second kappa shape index (κ2) is 4.42. The summed E-state index contributed by atoms with van der Waals surface area (Å²) in [5.41, 5.74) is 2.35. The summed E-state index contributed by atoms with van der Waals surface area (Å²) in [6, 6.07) is 8.36. The van der Waals surface area contributed by atoms with E-state index in [1.807, 2.05) is 24.8 Å². The zero-order valence-electron chi connectivity index (χ0n) is 8.94. The summed E-state index contributed by atoms with van der Waals surface area (Å²) < 4.78 is 0. The molecule has 1 heterocycles. The Morgan fingerprint density at radius 1 is 1.60 bits per heavy atom. The molecule has 0 saturated carbocycles. The molecular weight excluding hydrogens is 204 g/mol. The maximum Gasteiger partial charge on any atom is 0.0654 e. The third-order valence-corrected chi connectivity index (χ3v) is 3.97. The largest absolute Gasteiger partial charge is 0.392 e. The van der Waals surface area contributed by atoms with Crippen LogP contribution in [0, 0.1) is 0 Å². The van der Waals surface area contributed by atoms with E-state index < -0.39 is 0 Å². The monoisotopic (exact) mass is 220 g/mol. The van der Waals surface area contributed by atoms with Gasteiger partial charge in [-0.05, 0) is 25.0 Å². The van der Waals surface area contributed by atoms with Gasteiger partial charge in [-0.2, -0.15) is 0 Å². The molecule has 1 aliphatic rings. The second-order valence-electron chi connectivity index (χ2n) is 4.18. The molecule has 2 heteroatoms. The Labute approximate surface area is 95.2 Å². The summed E-state index contributed by atoms with van der Waals surface area (Å²) in [4.78, 5) is 1.32. The Balaban J connectivity index is 2.16. The maximum atomic E-state index is 10.1. The summed E-state index contributed by atoms with van der Waals surface area (Å²) in [5, 5.41) is 10.1. The first-order valence-electron chi connectivity index (χ1n) is 5.22. The Bertz CT molecular complexity index is 373. The highest BCUT2D eigenvalue weighted by Crippen LogP contribution is 2.41. The van der Waals surface area contributed by atoms with Crippen LogP contribution < -0.4 is 0 Å². The number of thioether (sulfide) groups is 1. The van der Waals surface area contributed by atoms with Crippen molar-refractivity contribution in [3.8, 4) is 0 Å². The molecule has 0 amide bonds. The third kappa shape index (κ3) is 2.27. The smallest absolute Gasteiger partial charge is 0.0654 e. The number of hydrogen-bond donors (Lipinski definition) is 1. The minimum Gasteiger partial charge on any atom is -0.392 e. The molecule has 0 fully saturated rings. The Morgan fingerprint density at radius 3 is 3.07 bits per heavy atom. The highest BCUT2D eigenvalue weighted by atomic mass is 32.2. The highest BCUT2D eigenvalue weighted by molar-refractivity contribution is 7.99. The number of aliphatic hydroxyl groups is 1. The summed E-state index contributed by atoms with van der Waals surface area (Å²) in [7, 11) is 0. The van der Waals surface area contributed by atoms with Crippen LogP contribution in [0.2, 0.25) is 0 Å². The molecule has 80 valence electrons. The van der Waals surface area contributed by atoms with E-state index in [1.165, 1.54) is 10.5 Å². The van der Waals surface area contributed by atoms with Crippen molar-refractivity contribution in [2.75, 3.05) is 5.75 Å². The molecule has 1 nitrogen and oxygen atoms in total. The molecule has 1 aromatic rings. The van der Waals surface area contributed by atoms with E-state index in [0.717, 1.165) is 11.3 Å². The van der Waals surface area contributed by atoms with Crippen molar-refractivity contribution in [2.45, 2.75) is 30.3 Å². The topological polar surface area (TPSA) is 20.2 Å². The van der Waals surface area contributed by atoms with Gasteiger partial charge in [0.1, 0.15) is 0 Å². The van der Waals surface area contributed by atoms with Crippen LogP contribution in [-0.4, -0.2) is 17.0 Å². The molecule has 2 rings (SSSR count). The molecule has 2 unspecified atom stereocenters. The van der Waals surface area contributed by atoms with Crippen molar-refractivity contribution in [2.24, 2.45) is 0 Å². The molecule has 0 bridgehead atoms. The lowest BCUT2D eigenvalue weighted by atomic mass is 9.92. The molecule has 1 aromatic carbocycles. The minimum absolute atomic E-state index is 0.279. The van der Waals surface area contributed by atoms with Gasteiger partial charge >= 0.3 is 0 Å². The molecule has 0 aromatic heterocycles. The standard InChI is InChI=1S/C13H16OS/c1-9(2)7-12(14)11-8-15-13-6-4-3-5-10(11)13/h3-6,11-12,14H,1,7-8H2,2H3. The average molecular weight is 220 g/mol. The van der Waals surface area contributed by atoms with Crippen molar-refractivity contribution in [1.82, 2.24) is 0 Å². The van der Waals surface area contributed by atoms with Crippen molar-refractivity contribution in [3.63, 3.8) is 0 Å². The van der Waals surface area contributed by atoms with Gasteiger partial charge in [0.15, 0.2) is 0 Å². The SMILES string of the molecule is C=C(C)CC(O)C1CSc2ccccc21. The second-order valence-corrected chi connectivity index (χ2v) is 5.25. The van der Waals surface area contributed by atoms with E-state index >= 15 is 0 Å². The van der Waals surface area contributed by atoms with Crippen LogP contribution in [-0.2, 0) is 0 Å². The molecule has 0 spiro atoms. The molecule has 1 N–H and O–H groups in total. The Morgan fingerprint density at radius 2 is 2.33 bits per heavy atom. The van der Waals surface area contributed by atoms with Crippen molar-refractivity contribution >= 4 is 11.8 Å². The molecule has 1 aliphatic heterocycles. The lowest BCUT2D eigenvalue weighted by molar-refractivity contribution is 0.151. The minimum atomic E-state index is -0.279. The molecule has 0 saturated heterocycles. The average Bonchev–Trinajstić information content (AvgIpc) is 2.59.